The molecule has 0 bridgehead atoms. The van der Waals surface area contributed by atoms with Crippen LogP contribution in [-0.4, -0.2) is 36.8 Å². The topological polar surface area (TPSA) is 79.4 Å². The minimum Gasteiger partial charge on any atom is -0.336 e. The number of rotatable bonds is 5. The standard InChI is InChI=1S/C18H25N3O3S2/c1-12-7-8-15(26(23,24)20-18(3,4)5)9-16(12)17(22)21(6)11-14-10-19-13(2)25-14/h7-10,20H,11H2,1-6H3. The van der Waals surface area contributed by atoms with Crippen LogP contribution in [0.15, 0.2) is 29.3 Å². The van der Waals surface area contributed by atoms with Crippen LogP contribution in [0.25, 0.3) is 0 Å². The maximum Gasteiger partial charge on any atom is 0.254 e. The molecule has 1 aromatic heterocycles. The number of carbonyl (C=O) groups is 1. The molecule has 0 saturated heterocycles. The molecule has 0 unspecified atom stereocenters. The van der Waals surface area contributed by atoms with Crippen molar-refractivity contribution in [3.8, 4) is 0 Å². The van der Waals surface area contributed by atoms with E-state index in [1.165, 1.54) is 23.5 Å². The molecule has 0 radical (unpaired) electrons. The second-order valence-electron chi connectivity index (χ2n) is 7.34. The lowest BCUT2D eigenvalue weighted by Crippen LogP contribution is -2.40. The summed E-state index contributed by atoms with van der Waals surface area (Å²) < 4.78 is 27.7. The average Bonchev–Trinajstić information content (AvgIpc) is 2.89. The number of carbonyl (C=O) groups excluding carboxylic acids is 1. The number of hydrogen-bond acceptors (Lipinski definition) is 5. The molecule has 0 fully saturated rings. The summed E-state index contributed by atoms with van der Waals surface area (Å²) >= 11 is 1.54. The van der Waals surface area contributed by atoms with Crippen LogP contribution in [0.4, 0.5) is 0 Å². The fraction of sp³-hybridized carbons (Fsp3) is 0.444. The van der Waals surface area contributed by atoms with Gasteiger partial charge in [0, 0.05) is 29.2 Å². The minimum atomic E-state index is -3.70. The molecule has 2 rings (SSSR count). The fourth-order valence-corrected chi connectivity index (χ4v) is 4.74. The Hall–Kier alpha value is -1.77. The first-order chi connectivity index (χ1) is 11.9. The van der Waals surface area contributed by atoms with Crippen LogP contribution >= 0.6 is 11.3 Å². The van der Waals surface area contributed by atoms with Gasteiger partial charge in [0.1, 0.15) is 0 Å². The second-order valence-corrected chi connectivity index (χ2v) is 10.3. The van der Waals surface area contributed by atoms with Gasteiger partial charge in [-0.2, -0.15) is 0 Å². The van der Waals surface area contributed by atoms with E-state index in [9.17, 15) is 13.2 Å². The van der Waals surface area contributed by atoms with Gasteiger partial charge in [-0.25, -0.2) is 18.1 Å². The van der Waals surface area contributed by atoms with Crippen molar-refractivity contribution in [3.05, 3.63) is 45.4 Å². The first-order valence-electron chi connectivity index (χ1n) is 8.20. The number of benzene rings is 1. The highest BCUT2D eigenvalue weighted by molar-refractivity contribution is 7.89. The Bertz CT molecular complexity index is 912. The average molecular weight is 396 g/mol. The summed E-state index contributed by atoms with van der Waals surface area (Å²) in [4.78, 5) is 19.7. The third kappa shape index (κ3) is 5.12. The van der Waals surface area contributed by atoms with Crippen molar-refractivity contribution >= 4 is 27.3 Å². The molecule has 142 valence electrons. The van der Waals surface area contributed by atoms with Gasteiger partial charge in [0.25, 0.3) is 5.91 Å². The van der Waals surface area contributed by atoms with E-state index in [1.54, 1.807) is 51.9 Å². The Morgan fingerprint density at radius 2 is 1.92 bits per heavy atom. The van der Waals surface area contributed by atoms with Gasteiger partial charge >= 0.3 is 0 Å². The summed E-state index contributed by atoms with van der Waals surface area (Å²) in [5, 5.41) is 0.943. The molecule has 1 N–H and O–H groups in total. The van der Waals surface area contributed by atoms with Crippen molar-refractivity contribution in [2.45, 2.75) is 51.6 Å². The maximum absolute atomic E-state index is 12.8. The van der Waals surface area contributed by atoms with Crippen LogP contribution in [0, 0.1) is 13.8 Å². The number of hydrogen-bond donors (Lipinski definition) is 1. The molecule has 26 heavy (non-hydrogen) atoms. The Morgan fingerprint density at radius 3 is 2.46 bits per heavy atom. The van der Waals surface area contributed by atoms with E-state index in [1.807, 2.05) is 6.92 Å². The zero-order chi connectivity index (χ0) is 19.7. The van der Waals surface area contributed by atoms with Gasteiger partial charge in [0.05, 0.1) is 16.4 Å². The second kappa shape index (κ2) is 7.46. The lowest BCUT2D eigenvalue weighted by atomic mass is 10.1. The monoisotopic (exact) mass is 395 g/mol. The normalized spacial score (nSPS) is 12.2. The number of thiazole rings is 1. The molecule has 0 aliphatic heterocycles. The zero-order valence-electron chi connectivity index (χ0n) is 16.0. The van der Waals surface area contributed by atoms with Crippen molar-refractivity contribution < 1.29 is 13.2 Å². The van der Waals surface area contributed by atoms with Crippen LogP contribution < -0.4 is 4.72 Å². The van der Waals surface area contributed by atoms with Gasteiger partial charge in [0.15, 0.2) is 0 Å². The van der Waals surface area contributed by atoms with E-state index < -0.39 is 15.6 Å². The quantitative estimate of drug-likeness (QED) is 0.844. The molecule has 2 aromatic rings. The minimum absolute atomic E-state index is 0.0865. The molecule has 1 aromatic carbocycles. The summed E-state index contributed by atoms with van der Waals surface area (Å²) in [6.07, 6.45) is 1.75. The summed E-state index contributed by atoms with van der Waals surface area (Å²) in [6, 6.07) is 4.63. The molecular weight excluding hydrogens is 370 g/mol. The van der Waals surface area contributed by atoms with Crippen molar-refractivity contribution in [1.82, 2.24) is 14.6 Å². The molecular formula is C18H25N3O3S2. The van der Waals surface area contributed by atoms with Crippen LogP contribution in [0.3, 0.4) is 0 Å². The molecule has 0 aliphatic carbocycles. The van der Waals surface area contributed by atoms with Crippen LogP contribution in [-0.2, 0) is 16.6 Å². The number of aryl methyl sites for hydroxylation is 2. The highest BCUT2D eigenvalue weighted by Gasteiger charge is 2.24. The van der Waals surface area contributed by atoms with Crippen LogP contribution in [0.1, 0.15) is 46.6 Å². The fourth-order valence-electron chi connectivity index (χ4n) is 2.45. The van der Waals surface area contributed by atoms with Gasteiger partial charge in [-0.1, -0.05) is 6.07 Å². The van der Waals surface area contributed by atoms with E-state index in [2.05, 4.69) is 9.71 Å². The highest BCUT2D eigenvalue weighted by atomic mass is 32.2. The Morgan fingerprint density at radius 1 is 1.27 bits per heavy atom. The largest absolute Gasteiger partial charge is 0.336 e. The Kier molecular flexibility index (Phi) is 5.89. The predicted molar refractivity (Wildman–Crippen MR) is 104 cm³/mol. The van der Waals surface area contributed by atoms with Crippen molar-refractivity contribution in [2.75, 3.05) is 7.05 Å². The molecule has 0 aliphatic rings. The van der Waals surface area contributed by atoms with Gasteiger partial charge in [-0.3, -0.25) is 4.79 Å². The lowest BCUT2D eigenvalue weighted by molar-refractivity contribution is 0.0785. The lowest BCUT2D eigenvalue weighted by Gasteiger charge is -2.21. The molecule has 1 amide bonds. The van der Waals surface area contributed by atoms with Gasteiger partial charge in [-0.15, -0.1) is 11.3 Å². The summed E-state index contributed by atoms with van der Waals surface area (Å²) in [7, 11) is -2.00. The number of nitrogens with zero attached hydrogens (tertiary/aromatic N) is 2. The predicted octanol–water partition coefficient (Wildman–Crippen LogP) is 3.11. The van der Waals surface area contributed by atoms with Crippen molar-refractivity contribution in [2.24, 2.45) is 0 Å². The smallest absolute Gasteiger partial charge is 0.254 e. The highest BCUT2D eigenvalue weighted by Crippen LogP contribution is 2.20. The van der Waals surface area contributed by atoms with E-state index in [0.717, 1.165) is 15.4 Å². The van der Waals surface area contributed by atoms with E-state index in [-0.39, 0.29) is 10.8 Å². The molecule has 8 heteroatoms. The maximum atomic E-state index is 12.8. The Balaban J connectivity index is 2.30. The first-order valence-corrected chi connectivity index (χ1v) is 10.5. The van der Waals surface area contributed by atoms with E-state index >= 15 is 0 Å². The third-order valence-electron chi connectivity index (χ3n) is 3.60. The van der Waals surface area contributed by atoms with Crippen LogP contribution in [0.5, 0.6) is 0 Å². The summed E-state index contributed by atoms with van der Waals surface area (Å²) in [6.45, 7) is 9.46. The van der Waals surface area contributed by atoms with Crippen molar-refractivity contribution in [1.29, 1.82) is 0 Å². The van der Waals surface area contributed by atoms with Crippen molar-refractivity contribution in [3.63, 3.8) is 0 Å². The summed E-state index contributed by atoms with van der Waals surface area (Å²) in [5.41, 5.74) is 0.511. The van der Waals surface area contributed by atoms with Crippen LogP contribution in [0.2, 0.25) is 0 Å². The third-order valence-corrected chi connectivity index (χ3v) is 6.25. The Labute approximate surface area is 159 Å². The SMILES string of the molecule is Cc1ncc(CN(C)C(=O)c2cc(S(=O)(=O)NC(C)(C)C)ccc2C)s1. The number of sulfonamides is 1. The van der Waals surface area contributed by atoms with E-state index in [0.29, 0.717) is 12.1 Å². The molecule has 6 nitrogen and oxygen atoms in total. The number of aromatic nitrogens is 1. The zero-order valence-corrected chi connectivity index (χ0v) is 17.6. The molecule has 1 heterocycles. The molecule has 0 spiro atoms. The first kappa shape index (κ1) is 20.5. The van der Waals surface area contributed by atoms with Gasteiger partial charge in [0.2, 0.25) is 10.0 Å². The van der Waals surface area contributed by atoms with Gasteiger partial charge < -0.3 is 4.90 Å². The molecule has 0 saturated carbocycles. The summed E-state index contributed by atoms with van der Waals surface area (Å²) in [5.74, 6) is -0.221. The number of amides is 1. The van der Waals surface area contributed by atoms with Gasteiger partial charge in [-0.05, 0) is 52.3 Å². The molecule has 0 atom stereocenters. The number of nitrogens with one attached hydrogen (secondary N) is 1. The van der Waals surface area contributed by atoms with E-state index in [4.69, 9.17) is 0 Å².